The van der Waals surface area contributed by atoms with E-state index in [4.69, 9.17) is 11.6 Å². The highest BCUT2D eigenvalue weighted by atomic mass is 35.5. The topological polar surface area (TPSA) is 81.0 Å². The lowest BCUT2D eigenvalue weighted by Crippen LogP contribution is -2.29. The van der Waals surface area contributed by atoms with Gasteiger partial charge in [0, 0.05) is 31.2 Å². The number of anilines is 1. The van der Waals surface area contributed by atoms with Crippen LogP contribution >= 0.6 is 11.6 Å². The summed E-state index contributed by atoms with van der Waals surface area (Å²) in [7, 11) is 1.63. The van der Waals surface area contributed by atoms with E-state index in [-0.39, 0.29) is 16.8 Å². The maximum Gasteiger partial charge on any atom is 0.417 e. The van der Waals surface area contributed by atoms with Crippen LogP contribution in [0.2, 0.25) is 5.02 Å². The fourth-order valence-corrected chi connectivity index (χ4v) is 3.96. The van der Waals surface area contributed by atoms with Crippen LogP contribution in [0.3, 0.4) is 0 Å². The number of imide groups is 1. The second kappa shape index (κ2) is 6.86. The third-order valence-corrected chi connectivity index (χ3v) is 5.48. The number of aryl methyl sites for hydroxylation is 1. The van der Waals surface area contributed by atoms with Gasteiger partial charge in [0.05, 0.1) is 32.8 Å². The summed E-state index contributed by atoms with van der Waals surface area (Å²) in [6, 6.07) is 6.30. The highest BCUT2D eigenvalue weighted by Crippen LogP contribution is 2.40. The Kier molecular flexibility index (Phi) is 4.31. The molecule has 11 heteroatoms. The van der Waals surface area contributed by atoms with E-state index in [1.54, 1.807) is 31.6 Å². The Balaban J connectivity index is 1.72. The number of rotatable bonds is 2. The molecule has 1 aromatic carbocycles. The number of carbonyl (C=O) groups is 2. The predicted octanol–water partition coefficient (Wildman–Crippen LogP) is 4.50. The number of benzene rings is 1. The lowest BCUT2D eigenvalue weighted by atomic mass is 10.0. The van der Waals surface area contributed by atoms with Gasteiger partial charge in [-0.25, -0.2) is 14.6 Å². The molecule has 5 rings (SSSR count). The first-order valence-electron chi connectivity index (χ1n) is 9.20. The zero-order valence-electron chi connectivity index (χ0n) is 16.2. The molecule has 0 atom stereocenters. The quantitative estimate of drug-likeness (QED) is 0.414. The van der Waals surface area contributed by atoms with Crippen LogP contribution in [0.1, 0.15) is 26.3 Å². The van der Waals surface area contributed by atoms with Crippen LogP contribution in [0, 0.1) is 0 Å². The minimum absolute atomic E-state index is 0.0236. The number of fused-ring (bicyclic) bond motifs is 3. The van der Waals surface area contributed by atoms with Crippen molar-refractivity contribution in [3.8, 4) is 11.3 Å². The normalized spacial score (nSPS) is 13.8. The largest absolute Gasteiger partial charge is 0.417 e. The summed E-state index contributed by atoms with van der Waals surface area (Å²) < 4.78 is 41.4. The summed E-state index contributed by atoms with van der Waals surface area (Å²) in [5, 5.41) is 4.21. The molecule has 0 unspecified atom stereocenters. The third kappa shape index (κ3) is 2.87. The molecule has 0 radical (unpaired) electrons. The molecule has 0 N–H and O–H groups in total. The molecule has 0 spiro atoms. The Morgan fingerprint density at radius 3 is 2.53 bits per heavy atom. The van der Waals surface area contributed by atoms with Gasteiger partial charge in [0.2, 0.25) is 0 Å². The number of alkyl halides is 3. The van der Waals surface area contributed by atoms with E-state index in [0.29, 0.717) is 33.3 Å². The van der Waals surface area contributed by atoms with Crippen molar-refractivity contribution in [2.24, 2.45) is 7.05 Å². The molecule has 1 aliphatic heterocycles. The highest BCUT2D eigenvalue weighted by molar-refractivity contribution is 6.38. The Morgan fingerprint density at radius 1 is 1.06 bits per heavy atom. The molecule has 0 bridgehead atoms. The van der Waals surface area contributed by atoms with Gasteiger partial charge in [0.15, 0.2) is 5.65 Å². The lowest BCUT2D eigenvalue weighted by molar-refractivity contribution is -0.137. The molecule has 0 saturated carbocycles. The summed E-state index contributed by atoms with van der Waals surface area (Å²) in [5.74, 6) is -1.55. The number of hydrogen-bond acceptors (Lipinski definition) is 5. The molecule has 2 amide bonds. The molecule has 7 nitrogen and oxygen atoms in total. The average Bonchev–Trinajstić information content (AvgIpc) is 3.22. The molecule has 32 heavy (non-hydrogen) atoms. The average molecular weight is 458 g/mol. The standard InChI is InChI=1S/C21H11ClF3N5O2/c1-29-18-16(17(28-29)10-3-2-6-26-8-10)15-12(9-27-18)19(31)30(20(15)32)11-4-5-14(22)13(7-11)21(23,24)25/h2-9H,1H3. The van der Waals surface area contributed by atoms with E-state index >= 15 is 0 Å². The lowest BCUT2D eigenvalue weighted by Gasteiger charge is -2.17. The minimum Gasteiger partial charge on any atom is -0.268 e. The number of pyridine rings is 2. The van der Waals surface area contributed by atoms with E-state index < -0.39 is 28.6 Å². The smallest absolute Gasteiger partial charge is 0.268 e. The van der Waals surface area contributed by atoms with Crippen LogP contribution in [0.25, 0.3) is 22.3 Å². The predicted molar refractivity (Wildman–Crippen MR) is 109 cm³/mol. The van der Waals surface area contributed by atoms with Gasteiger partial charge in [-0.05, 0) is 30.3 Å². The summed E-state index contributed by atoms with van der Waals surface area (Å²) in [6.45, 7) is 0. The molecule has 0 saturated heterocycles. The van der Waals surface area contributed by atoms with Gasteiger partial charge in [0.1, 0.15) is 5.69 Å². The maximum atomic E-state index is 13.4. The first-order chi connectivity index (χ1) is 15.2. The molecule has 0 fully saturated rings. The second-order valence-corrected chi connectivity index (χ2v) is 7.47. The van der Waals surface area contributed by atoms with Gasteiger partial charge < -0.3 is 0 Å². The van der Waals surface area contributed by atoms with Crippen molar-refractivity contribution in [3.63, 3.8) is 0 Å². The molecule has 160 valence electrons. The zero-order chi connectivity index (χ0) is 22.8. The number of aromatic nitrogens is 4. The van der Waals surface area contributed by atoms with E-state index in [0.717, 1.165) is 6.07 Å². The summed E-state index contributed by atoms with van der Waals surface area (Å²) in [4.78, 5) is 35.4. The number of carbonyl (C=O) groups excluding carboxylic acids is 2. The second-order valence-electron chi connectivity index (χ2n) is 7.07. The van der Waals surface area contributed by atoms with Gasteiger partial charge in [-0.1, -0.05) is 11.6 Å². The molecular weight excluding hydrogens is 447 g/mol. The zero-order valence-corrected chi connectivity index (χ0v) is 16.9. The van der Waals surface area contributed by atoms with Crippen molar-refractivity contribution in [3.05, 3.63) is 70.6 Å². The first-order valence-corrected chi connectivity index (χ1v) is 9.58. The van der Waals surface area contributed by atoms with Crippen molar-refractivity contribution in [2.45, 2.75) is 6.18 Å². The van der Waals surface area contributed by atoms with Crippen LogP contribution in [0.4, 0.5) is 18.9 Å². The van der Waals surface area contributed by atoms with Gasteiger partial charge in [-0.15, -0.1) is 0 Å². The molecular formula is C21H11ClF3N5O2. The van der Waals surface area contributed by atoms with E-state index in [1.165, 1.54) is 16.9 Å². The van der Waals surface area contributed by atoms with E-state index in [9.17, 15) is 22.8 Å². The van der Waals surface area contributed by atoms with E-state index in [2.05, 4.69) is 15.1 Å². The van der Waals surface area contributed by atoms with Crippen LogP contribution in [0.5, 0.6) is 0 Å². The molecule has 4 aromatic rings. The molecule has 4 heterocycles. The van der Waals surface area contributed by atoms with Crippen LogP contribution in [-0.4, -0.2) is 31.6 Å². The Morgan fingerprint density at radius 2 is 1.84 bits per heavy atom. The van der Waals surface area contributed by atoms with Crippen LogP contribution < -0.4 is 4.90 Å². The summed E-state index contributed by atoms with van der Waals surface area (Å²) >= 11 is 5.68. The molecule has 1 aliphatic rings. The molecule has 3 aromatic heterocycles. The number of nitrogens with zero attached hydrogens (tertiary/aromatic N) is 5. The third-order valence-electron chi connectivity index (χ3n) is 5.15. The summed E-state index contributed by atoms with van der Waals surface area (Å²) in [5.41, 5.74) is -0.0630. The fraction of sp³-hybridized carbons (Fsp3) is 0.0952. The highest BCUT2D eigenvalue weighted by Gasteiger charge is 2.42. The van der Waals surface area contributed by atoms with Gasteiger partial charge in [-0.2, -0.15) is 18.3 Å². The minimum atomic E-state index is -4.75. The number of hydrogen-bond donors (Lipinski definition) is 0. The first kappa shape index (κ1) is 20.1. The summed E-state index contributed by atoms with van der Waals surface area (Å²) in [6.07, 6.45) is -0.397. The van der Waals surface area contributed by atoms with Crippen molar-refractivity contribution in [1.29, 1.82) is 0 Å². The van der Waals surface area contributed by atoms with Crippen LogP contribution in [-0.2, 0) is 13.2 Å². The van der Waals surface area contributed by atoms with Crippen molar-refractivity contribution < 1.29 is 22.8 Å². The fourth-order valence-electron chi connectivity index (χ4n) is 3.74. The SMILES string of the molecule is Cn1nc(-c2cccnc2)c2c3c(cnc21)C(=O)N(c1ccc(Cl)c(C(F)(F)F)c1)C3=O. The van der Waals surface area contributed by atoms with Crippen molar-refractivity contribution in [2.75, 3.05) is 4.90 Å². The van der Waals surface area contributed by atoms with Gasteiger partial charge in [-0.3, -0.25) is 14.6 Å². The maximum absolute atomic E-state index is 13.4. The Labute approximate surface area is 183 Å². The van der Waals surface area contributed by atoms with Crippen LogP contribution in [0.15, 0.2) is 48.9 Å². The number of halogens is 4. The Hall–Kier alpha value is -3.79. The number of amides is 2. The van der Waals surface area contributed by atoms with Gasteiger partial charge >= 0.3 is 6.18 Å². The molecule has 0 aliphatic carbocycles. The van der Waals surface area contributed by atoms with Crippen molar-refractivity contribution in [1.82, 2.24) is 19.7 Å². The monoisotopic (exact) mass is 457 g/mol. The van der Waals surface area contributed by atoms with E-state index in [1.807, 2.05) is 0 Å². The Bertz CT molecular complexity index is 1430. The van der Waals surface area contributed by atoms with Crippen molar-refractivity contribution >= 4 is 40.1 Å². The van der Waals surface area contributed by atoms with Gasteiger partial charge in [0.25, 0.3) is 11.8 Å².